The maximum atomic E-state index is 4.59. The van der Waals surface area contributed by atoms with Gasteiger partial charge in [0.25, 0.3) is 0 Å². The highest BCUT2D eigenvalue weighted by atomic mass is 32.2. The van der Waals surface area contributed by atoms with Gasteiger partial charge in [-0.05, 0) is 49.3 Å². The third kappa shape index (κ3) is 3.03. The van der Waals surface area contributed by atoms with Crippen molar-refractivity contribution < 1.29 is 0 Å². The van der Waals surface area contributed by atoms with Crippen LogP contribution in [0.25, 0.3) is 10.9 Å². The van der Waals surface area contributed by atoms with Crippen LogP contribution in [0, 0.1) is 12.8 Å². The first-order valence-corrected chi connectivity index (χ1v) is 8.16. The molecule has 1 aliphatic heterocycles. The van der Waals surface area contributed by atoms with E-state index < -0.39 is 0 Å². The van der Waals surface area contributed by atoms with Crippen molar-refractivity contribution in [1.82, 2.24) is 4.98 Å². The molecule has 0 atom stereocenters. The van der Waals surface area contributed by atoms with E-state index in [1.165, 1.54) is 35.4 Å². The molecule has 3 rings (SSSR count). The Morgan fingerprint density at radius 2 is 2.05 bits per heavy atom. The maximum absolute atomic E-state index is 4.59. The fourth-order valence-corrected chi connectivity index (χ4v) is 3.86. The van der Waals surface area contributed by atoms with Crippen LogP contribution < -0.4 is 5.32 Å². The average Bonchev–Trinajstić information content (AvgIpc) is 2.45. The van der Waals surface area contributed by atoms with Crippen molar-refractivity contribution in [2.45, 2.75) is 19.8 Å². The van der Waals surface area contributed by atoms with Crippen LogP contribution in [-0.2, 0) is 0 Å². The molecule has 2 aromatic rings. The molecule has 0 aliphatic carbocycles. The molecule has 0 unspecified atom stereocenters. The summed E-state index contributed by atoms with van der Waals surface area (Å²) in [5.41, 5.74) is 3.41. The normalized spacial score (nSPS) is 16.7. The molecule has 3 heteroatoms. The second kappa shape index (κ2) is 5.83. The minimum absolute atomic E-state index is 0.827. The summed E-state index contributed by atoms with van der Waals surface area (Å²) in [6, 6.07) is 10.5. The molecule has 0 bridgehead atoms. The largest absolute Gasteiger partial charge is 0.384 e. The fourth-order valence-electron chi connectivity index (χ4n) is 2.66. The number of pyridine rings is 1. The van der Waals surface area contributed by atoms with Crippen LogP contribution in [-0.4, -0.2) is 23.0 Å². The Labute approximate surface area is 119 Å². The number of aromatic nitrogens is 1. The van der Waals surface area contributed by atoms with E-state index in [2.05, 4.69) is 59.3 Å². The zero-order chi connectivity index (χ0) is 13.1. The molecule has 1 N–H and O–H groups in total. The molecule has 0 spiro atoms. The van der Waals surface area contributed by atoms with Gasteiger partial charge in [0.2, 0.25) is 0 Å². The van der Waals surface area contributed by atoms with E-state index in [-0.39, 0.29) is 0 Å². The molecule has 1 aromatic heterocycles. The summed E-state index contributed by atoms with van der Waals surface area (Å²) < 4.78 is 0. The Hall–Kier alpha value is -1.22. The lowest BCUT2D eigenvalue weighted by molar-refractivity contribution is 0.516. The van der Waals surface area contributed by atoms with Gasteiger partial charge >= 0.3 is 0 Å². The summed E-state index contributed by atoms with van der Waals surface area (Å²) in [6.45, 7) is 3.16. The van der Waals surface area contributed by atoms with E-state index in [1.54, 1.807) is 0 Å². The average molecular weight is 272 g/mol. The summed E-state index contributed by atoms with van der Waals surface area (Å²) >= 11 is 2.09. The maximum Gasteiger partial charge on any atom is 0.0725 e. The highest BCUT2D eigenvalue weighted by Crippen LogP contribution is 2.26. The van der Waals surface area contributed by atoms with Gasteiger partial charge < -0.3 is 5.32 Å². The molecule has 2 nitrogen and oxygen atoms in total. The van der Waals surface area contributed by atoms with Crippen LogP contribution >= 0.6 is 11.8 Å². The van der Waals surface area contributed by atoms with Crippen molar-refractivity contribution in [2.75, 3.05) is 23.4 Å². The molecule has 1 saturated heterocycles. The van der Waals surface area contributed by atoms with E-state index in [0.717, 1.165) is 23.7 Å². The SMILES string of the molecule is Cc1cc(NCC2CCSCC2)c2ccccc2n1. The van der Waals surface area contributed by atoms with Gasteiger partial charge in [-0.3, -0.25) is 4.98 Å². The first-order valence-electron chi connectivity index (χ1n) is 7.01. The van der Waals surface area contributed by atoms with Gasteiger partial charge in [0.15, 0.2) is 0 Å². The topological polar surface area (TPSA) is 24.9 Å². The molecule has 100 valence electrons. The van der Waals surface area contributed by atoms with Crippen molar-refractivity contribution in [2.24, 2.45) is 5.92 Å². The number of nitrogens with one attached hydrogen (secondary N) is 1. The molecule has 0 amide bonds. The summed E-state index contributed by atoms with van der Waals surface area (Å²) in [5, 5.41) is 4.88. The van der Waals surface area contributed by atoms with Crippen LogP contribution in [0.15, 0.2) is 30.3 Å². The van der Waals surface area contributed by atoms with E-state index in [1.807, 2.05) is 0 Å². The quantitative estimate of drug-likeness (QED) is 0.910. The predicted octanol–water partition coefficient (Wildman–Crippen LogP) is 4.10. The summed E-state index contributed by atoms with van der Waals surface area (Å²) in [7, 11) is 0. The number of benzene rings is 1. The lowest BCUT2D eigenvalue weighted by Gasteiger charge is -2.22. The third-order valence-corrected chi connectivity index (χ3v) is 4.82. The molecular formula is C16H20N2S. The smallest absolute Gasteiger partial charge is 0.0725 e. The molecule has 0 saturated carbocycles. The van der Waals surface area contributed by atoms with Crippen LogP contribution in [0.1, 0.15) is 18.5 Å². The molecule has 0 radical (unpaired) electrons. The van der Waals surface area contributed by atoms with Gasteiger partial charge in [0.05, 0.1) is 5.52 Å². The second-order valence-electron chi connectivity index (χ2n) is 5.26. The van der Waals surface area contributed by atoms with Crippen LogP contribution in [0.4, 0.5) is 5.69 Å². The summed E-state index contributed by atoms with van der Waals surface area (Å²) in [5.74, 6) is 3.47. The van der Waals surface area contributed by atoms with Crippen LogP contribution in [0.2, 0.25) is 0 Å². The Kier molecular flexibility index (Phi) is 3.92. The second-order valence-corrected chi connectivity index (χ2v) is 6.49. The lowest BCUT2D eigenvalue weighted by atomic mass is 10.0. The standard InChI is InChI=1S/C16H20N2S/c1-12-10-16(14-4-2-3-5-15(14)18-12)17-11-13-6-8-19-9-7-13/h2-5,10,13H,6-9,11H2,1H3,(H,17,18). The lowest BCUT2D eigenvalue weighted by Crippen LogP contribution is -2.19. The molecule has 1 fully saturated rings. The summed E-state index contributed by atoms with van der Waals surface area (Å²) in [4.78, 5) is 4.59. The number of anilines is 1. The van der Waals surface area contributed by atoms with Crippen molar-refractivity contribution in [3.63, 3.8) is 0 Å². The number of para-hydroxylation sites is 1. The minimum Gasteiger partial charge on any atom is -0.384 e. The Bertz CT molecular complexity index is 562. The predicted molar refractivity (Wildman–Crippen MR) is 85.0 cm³/mol. The van der Waals surface area contributed by atoms with E-state index >= 15 is 0 Å². The number of hydrogen-bond acceptors (Lipinski definition) is 3. The van der Waals surface area contributed by atoms with E-state index in [0.29, 0.717) is 0 Å². The van der Waals surface area contributed by atoms with Crippen LogP contribution in [0.5, 0.6) is 0 Å². The van der Waals surface area contributed by atoms with Crippen molar-refractivity contribution >= 4 is 28.4 Å². The minimum atomic E-state index is 0.827. The van der Waals surface area contributed by atoms with Crippen molar-refractivity contribution in [1.29, 1.82) is 0 Å². The van der Waals surface area contributed by atoms with Crippen molar-refractivity contribution in [3.8, 4) is 0 Å². The molecule has 1 aromatic carbocycles. The third-order valence-electron chi connectivity index (χ3n) is 3.77. The van der Waals surface area contributed by atoms with Gasteiger partial charge in [-0.2, -0.15) is 11.8 Å². The van der Waals surface area contributed by atoms with Gasteiger partial charge in [0, 0.05) is 23.3 Å². The fraction of sp³-hybridized carbons (Fsp3) is 0.438. The van der Waals surface area contributed by atoms with E-state index in [9.17, 15) is 0 Å². The Morgan fingerprint density at radius 1 is 1.26 bits per heavy atom. The number of thioether (sulfide) groups is 1. The monoisotopic (exact) mass is 272 g/mol. The number of aryl methyl sites for hydroxylation is 1. The number of fused-ring (bicyclic) bond motifs is 1. The van der Waals surface area contributed by atoms with E-state index in [4.69, 9.17) is 0 Å². The number of hydrogen-bond donors (Lipinski definition) is 1. The van der Waals surface area contributed by atoms with Gasteiger partial charge in [-0.25, -0.2) is 0 Å². The first kappa shape index (κ1) is 12.8. The number of rotatable bonds is 3. The highest BCUT2D eigenvalue weighted by Gasteiger charge is 2.13. The van der Waals surface area contributed by atoms with Crippen LogP contribution in [0.3, 0.4) is 0 Å². The van der Waals surface area contributed by atoms with Gasteiger partial charge in [-0.15, -0.1) is 0 Å². The van der Waals surface area contributed by atoms with Gasteiger partial charge in [-0.1, -0.05) is 18.2 Å². The highest BCUT2D eigenvalue weighted by molar-refractivity contribution is 7.99. The molecule has 1 aliphatic rings. The zero-order valence-electron chi connectivity index (χ0n) is 11.4. The van der Waals surface area contributed by atoms with Gasteiger partial charge in [0.1, 0.15) is 0 Å². The van der Waals surface area contributed by atoms with Crippen molar-refractivity contribution in [3.05, 3.63) is 36.0 Å². The molecular weight excluding hydrogens is 252 g/mol. The Morgan fingerprint density at radius 3 is 2.89 bits per heavy atom. The Balaban J connectivity index is 1.79. The molecule has 2 heterocycles. The first-order chi connectivity index (χ1) is 9.33. The number of nitrogens with zero attached hydrogens (tertiary/aromatic N) is 1. The summed E-state index contributed by atoms with van der Waals surface area (Å²) in [6.07, 6.45) is 2.69. The zero-order valence-corrected chi connectivity index (χ0v) is 12.2. The molecule has 19 heavy (non-hydrogen) atoms.